The fourth-order valence-corrected chi connectivity index (χ4v) is 3.95. The summed E-state index contributed by atoms with van der Waals surface area (Å²) in [5, 5.41) is 3.69. The third-order valence-corrected chi connectivity index (χ3v) is 5.12. The van der Waals surface area contributed by atoms with Crippen LogP contribution < -0.4 is 5.32 Å². The zero-order valence-electron chi connectivity index (χ0n) is 14.8. The molecule has 0 aliphatic heterocycles. The number of fused-ring (bicyclic) bond motifs is 1. The van der Waals surface area contributed by atoms with Crippen LogP contribution in [0.4, 0.5) is 10.2 Å². The molecule has 0 spiro atoms. The molecule has 1 N–H and O–H groups in total. The average molecular weight is 337 g/mol. The summed E-state index contributed by atoms with van der Waals surface area (Å²) in [5.41, 5.74) is 4.41. The number of aromatic nitrogens is 2. The maximum atomic E-state index is 14.5. The van der Waals surface area contributed by atoms with Crippen LogP contribution in [0.2, 0.25) is 0 Å². The molecule has 0 radical (unpaired) electrons. The smallest absolute Gasteiger partial charge is 0.139 e. The normalized spacial score (nSPS) is 15.6. The molecule has 0 bridgehead atoms. The number of rotatable bonds is 3. The molecular weight excluding hydrogens is 313 g/mol. The molecule has 1 aromatic carbocycles. The molecule has 2 heterocycles. The minimum absolute atomic E-state index is 0.230. The van der Waals surface area contributed by atoms with Crippen molar-refractivity contribution in [3.63, 3.8) is 0 Å². The third-order valence-electron chi connectivity index (χ3n) is 5.12. The van der Waals surface area contributed by atoms with Gasteiger partial charge in [0.2, 0.25) is 0 Å². The van der Waals surface area contributed by atoms with Crippen molar-refractivity contribution >= 4 is 11.5 Å². The molecule has 25 heavy (non-hydrogen) atoms. The number of imidazole rings is 1. The van der Waals surface area contributed by atoms with Crippen molar-refractivity contribution in [1.82, 2.24) is 9.38 Å². The van der Waals surface area contributed by atoms with Crippen LogP contribution in [-0.2, 0) is 0 Å². The number of anilines is 1. The second-order valence-electron chi connectivity index (χ2n) is 7.14. The molecule has 130 valence electrons. The number of nitrogens with one attached hydrogen (secondary N) is 1. The van der Waals surface area contributed by atoms with E-state index in [4.69, 9.17) is 4.98 Å². The van der Waals surface area contributed by atoms with E-state index in [0.29, 0.717) is 17.3 Å². The van der Waals surface area contributed by atoms with Crippen molar-refractivity contribution in [2.24, 2.45) is 0 Å². The zero-order valence-corrected chi connectivity index (χ0v) is 14.8. The largest absolute Gasteiger partial charge is 0.367 e. The van der Waals surface area contributed by atoms with Crippen LogP contribution in [0, 0.1) is 19.7 Å². The first-order chi connectivity index (χ1) is 12.1. The lowest BCUT2D eigenvalue weighted by Gasteiger charge is -2.24. The molecule has 4 rings (SSSR count). The van der Waals surface area contributed by atoms with Crippen LogP contribution in [-0.4, -0.2) is 15.4 Å². The minimum atomic E-state index is -0.230. The molecule has 0 saturated heterocycles. The molecular formula is C21H24FN3. The highest BCUT2D eigenvalue weighted by molar-refractivity contribution is 5.77. The lowest BCUT2D eigenvalue weighted by Crippen LogP contribution is -2.23. The maximum absolute atomic E-state index is 14.5. The molecule has 3 aromatic rings. The molecule has 2 aromatic heterocycles. The monoisotopic (exact) mass is 337 g/mol. The average Bonchev–Trinajstić information content (AvgIpc) is 2.94. The highest BCUT2D eigenvalue weighted by Crippen LogP contribution is 2.33. The van der Waals surface area contributed by atoms with E-state index >= 15 is 0 Å². The third kappa shape index (κ3) is 3.01. The maximum Gasteiger partial charge on any atom is 0.139 e. The Kier molecular flexibility index (Phi) is 4.20. The number of pyridine rings is 1. The quantitative estimate of drug-likeness (QED) is 0.683. The molecule has 0 unspecified atom stereocenters. The van der Waals surface area contributed by atoms with Crippen LogP contribution in [0.25, 0.3) is 16.9 Å². The van der Waals surface area contributed by atoms with Crippen molar-refractivity contribution in [2.75, 3.05) is 5.32 Å². The fraction of sp³-hybridized carbons (Fsp3) is 0.381. The summed E-state index contributed by atoms with van der Waals surface area (Å²) in [5.74, 6) is 0.691. The summed E-state index contributed by atoms with van der Waals surface area (Å²) in [6, 6.07) is 11.5. The van der Waals surface area contributed by atoms with Crippen LogP contribution in [0.3, 0.4) is 0 Å². The fourth-order valence-electron chi connectivity index (χ4n) is 3.95. The Balaban J connectivity index is 1.90. The Morgan fingerprint density at radius 1 is 1.08 bits per heavy atom. The van der Waals surface area contributed by atoms with Crippen LogP contribution in [0.5, 0.6) is 0 Å². The van der Waals surface area contributed by atoms with E-state index in [-0.39, 0.29) is 5.82 Å². The van der Waals surface area contributed by atoms with E-state index in [2.05, 4.69) is 35.7 Å². The van der Waals surface area contributed by atoms with Gasteiger partial charge in [-0.2, -0.15) is 0 Å². The van der Waals surface area contributed by atoms with Crippen LogP contribution >= 0.6 is 0 Å². The van der Waals surface area contributed by atoms with Gasteiger partial charge in [0.25, 0.3) is 0 Å². The Bertz CT molecular complexity index is 907. The molecule has 1 aliphatic rings. The Labute approximate surface area is 147 Å². The number of nitrogens with zero attached hydrogens (tertiary/aromatic N) is 2. The Hall–Kier alpha value is -2.36. The van der Waals surface area contributed by atoms with Gasteiger partial charge in [-0.3, -0.25) is 4.40 Å². The van der Waals surface area contributed by atoms with E-state index in [1.54, 1.807) is 6.07 Å². The first kappa shape index (κ1) is 16.1. The topological polar surface area (TPSA) is 29.3 Å². The van der Waals surface area contributed by atoms with Crippen LogP contribution in [0.1, 0.15) is 43.4 Å². The summed E-state index contributed by atoms with van der Waals surface area (Å²) in [7, 11) is 0. The van der Waals surface area contributed by atoms with Crippen LogP contribution in [0.15, 0.2) is 36.4 Å². The zero-order chi connectivity index (χ0) is 17.4. The van der Waals surface area contributed by atoms with Gasteiger partial charge in [0.05, 0.1) is 0 Å². The molecule has 0 amide bonds. The second kappa shape index (κ2) is 6.51. The van der Waals surface area contributed by atoms with Crippen molar-refractivity contribution in [1.29, 1.82) is 0 Å². The van der Waals surface area contributed by atoms with E-state index in [1.807, 2.05) is 12.1 Å². The van der Waals surface area contributed by atoms with Gasteiger partial charge in [0.1, 0.15) is 23.0 Å². The molecule has 1 fully saturated rings. The highest BCUT2D eigenvalue weighted by atomic mass is 19.1. The van der Waals surface area contributed by atoms with E-state index in [1.165, 1.54) is 30.9 Å². The van der Waals surface area contributed by atoms with Gasteiger partial charge >= 0.3 is 0 Å². The van der Waals surface area contributed by atoms with Gasteiger partial charge in [-0.15, -0.1) is 0 Å². The van der Waals surface area contributed by atoms with E-state index in [9.17, 15) is 4.39 Å². The Morgan fingerprint density at radius 2 is 1.84 bits per heavy atom. The lowest BCUT2D eigenvalue weighted by atomic mass is 9.95. The summed E-state index contributed by atoms with van der Waals surface area (Å²) in [6.07, 6.45) is 6.14. The predicted molar refractivity (Wildman–Crippen MR) is 101 cm³/mol. The van der Waals surface area contributed by atoms with Gasteiger partial charge in [-0.1, -0.05) is 31.4 Å². The van der Waals surface area contributed by atoms with Crippen molar-refractivity contribution < 1.29 is 4.39 Å². The number of hydrogen-bond donors (Lipinski definition) is 1. The van der Waals surface area contributed by atoms with Crippen molar-refractivity contribution in [2.45, 2.75) is 52.0 Å². The SMILES string of the molecule is Cc1cc(C)n2c(NC3CCCCC3)c(-c3ccccc3F)nc2c1. The van der Waals surface area contributed by atoms with Gasteiger partial charge in [0, 0.05) is 17.3 Å². The standard InChI is InChI=1S/C21H24FN3/c1-14-12-15(2)25-19(13-14)24-20(17-10-6-7-11-18(17)22)21(25)23-16-8-4-3-5-9-16/h6-7,10-13,16,23H,3-5,8-9H2,1-2H3. The predicted octanol–water partition coefficient (Wildman–Crippen LogP) is 5.50. The molecule has 0 atom stereocenters. The Morgan fingerprint density at radius 3 is 2.60 bits per heavy atom. The molecule has 4 heteroatoms. The van der Waals surface area contributed by atoms with E-state index in [0.717, 1.165) is 30.0 Å². The van der Waals surface area contributed by atoms with Crippen molar-refractivity contribution in [3.8, 4) is 11.3 Å². The number of halogens is 1. The molecule has 3 nitrogen and oxygen atoms in total. The van der Waals surface area contributed by atoms with Gasteiger partial charge in [-0.25, -0.2) is 9.37 Å². The van der Waals surface area contributed by atoms with Gasteiger partial charge in [0.15, 0.2) is 0 Å². The van der Waals surface area contributed by atoms with E-state index < -0.39 is 0 Å². The molecule has 1 aliphatic carbocycles. The summed E-state index contributed by atoms with van der Waals surface area (Å²) in [6.45, 7) is 4.15. The first-order valence-electron chi connectivity index (χ1n) is 9.14. The van der Waals surface area contributed by atoms with Gasteiger partial charge in [-0.05, 0) is 56.5 Å². The minimum Gasteiger partial charge on any atom is -0.367 e. The summed E-state index contributed by atoms with van der Waals surface area (Å²) in [4.78, 5) is 4.79. The number of aryl methyl sites for hydroxylation is 2. The first-order valence-corrected chi connectivity index (χ1v) is 9.14. The summed E-state index contributed by atoms with van der Waals surface area (Å²) < 4.78 is 16.6. The highest BCUT2D eigenvalue weighted by Gasteiger charge is 2.22. The molecule has 1 saturated carbocycles. The number of benzene rings is 1. The van der Waals surface area contributed by atoms with Crippen molar-refractivity contribution in [3.05, 3.63) is 53.5 Å². The lowest BCUT2D eigenvalue weighted by molar-refractivity contribution is 0.461. The second-order valence-corrected chi connectivity index (χ2v) is 7.14. The summed E-state index contributed by atoms with van der Waals surface area (Å²) >= 11 is 0. The van der Waals surface area contributed by atoms with Gasteiger partial charge < -0.3 is 5.32 Å². The number of hydrogen-bond acceptors (Lipinski definition) is 2.